The Bertz CT molecular complexity index is 1360. The first-order valence-corrected chi connectivity index (χ1v) is 17.3. The van der Waals surface area contributed by atoms with E-state index >= 15 is 4.39 Å². The van der Waals surface area contributed by atoms with Crippen LogP contribution in [0.1, 0.15) is 62.0 Å². The molecule has 3 fully saturated rings. The molecule has 1 aliphatic carbocycles. The molecule has 3 heterocycles. The average Bonchev–Trinajstić information content (AvgIpc) is 3.10. The zero-order valence-corrected chi connectivity index (χ0v) is 26.3. The molecular weight excluding hydrogens is 593 g/mol. The van der Waals surface area contributed by atoms with E-state index < -0.39 is 27.8 Å². The molecule has 2 aliphatic heterocycles. The van der Waals surface area contributed by atoms with Gasteiger partial charge in [0.2, 0.25) is 15.9 Å². The van der Waals surface area contributed by atoms with Gasteiger partial charge < -0.3 is 21.1 Å². The number of benzene rings is 1. The predicted octanol–water partition coefficient (Wildman–Crippen LogP) is 4.08. The number of nitrogens with two attached hydrogens (primary N) is 1. The number of rotatable bonds is 10. The molecule has 4 N–H and O–H groups in total. The van der Waals surface area contributed by atoms with Crippen molar-refractivity contribution >= 4 is 33.2 Å². The highest BCUT2D eigenvalue weighted by Gasteiger charge is 2.39. The molecular formula is C31H43ClFN5O4S. The minimum Gasteiger partial charge on any atom is -0.384 e. The smallest absolute Gasteiger partial charge is 0.241 e. The predicted molar refractivity (Wildman–Crippen MR) is 166 cm³/mol. The monoisotopic (exact) mass is 635 g/mol. The number of hydrogen-bond donors (Lipinski definition) is 3. The molecule has 2 aromatic rings. The molecule has 3 aliphatic rings. The standard InChI is InChI=1S/C31H43ClFN5O4S/c1-42-19-20-4-6-21(7-5-20)29(22-8-10-23(32)11-9-22)30(34)31(39)37-28-17-35-16-27(33)26(28)13-12-25-15-36-24-3-2-14-43(40,41)38(25)18-24/h8-11,16-17,20-21,24-25,29-30,36H,2-7,12-15,18-19,34H2,1H3,(H,37,39)/t20-,21-,24-,25+,29-,30+/m1/s1. The Morgan fingerprint density at radius 1 is 1.21 bits per heavy atom. The highest BCUT2D eigenvalue weighted by molar-refractivity contribution is 7.89. The summed E-state index contributed by atoms with van der Waals surface area (Å²) in [5.74, 6) is -0.388. The van der Waals surface area contributed by atoms with E-state index in [1.807, 2.05) is 24.3 Å². The number of ether oxygens (including phenoxy) is 1. The number of nitrogens with one attached hydrogen (secondary N) is 2. The number of pyridine rings is 1. The Hall–Kier alpha value is -2.15. The van der Waals surface area contributed by atoms with Crippen molar-refractivity contribution in [3.05, 3.63) is 58.6 Å². The molecule has 2 saturated heterocycles. The van der Waals surface area contributed by atoms with Crippen LogP contribution in [0, 0.1) is 17.7 Å². The maximum Gasteiger partial charge on any atom is 0.241 e. The van der Waals surface area contributed by atoms with Crippen LogP contribution < -0.4 is 16.4 Å². The van der Waals surface area contributed by atoms with Crippen molar-refractivity contribution in [1.29, 1.82) is 0 Å². The summed E-state index contributed by atoms with van der Waals surface area (Å²) in [6.07, 6.45) is 8.51. The van der Waals surface area contributed by atoms with E-state index in [9.17, 15) is 13.2 Å². The molecule has 5 rings (SSSR count). The summed E-state index contributed by atoms with van der Waals surface area (Å²) in [6.45, 7) is 1.67. The number of fused-ring (bicyclic) bond motifs is 2. The maximum absolute atomic E-state index is 15.2. The Labute approximate surface area is 259 Å². The Kier molecular flexibility index (Phi) is 10.7. The number of amides is 1. The summed E-state index contributed by atoms with van der Waals surface area (Å²) in [7, 11) is -1.65. The van der Waals surface area contributed by atoms with E-state index in [1.165, 1.54) is 6.20 Å². The van der Waals surface area contributed by atoms with Crippen LogP contribution in [0.2, 0.25) is 5.02 Å². The van der Waals surface area contributed by atoms with Gasteiger partial charge in [0, 0.05) is 55.4 Å². The second-order valence-corrected chi connectivity index (χ2v) is 14.8. The summed E-state index contributed by atoms with van der Waals surface area (Å²) >= 11 is 6.17. The number of methoxy groups -OCH3 is 1. The number of nitrogens with zero attached hydrogens (tertiary/aromatic N) is 2. The van der Waals surface area contributed by atoms with Crippen LogP contribution in [0.15, 0.2) is 36.7 Å². The van der Waals surface area contributed by atoms with Crippen molar-refractivity contribution < 1.29 is 22.3 Å². The molecule has 43 heavy (non-hydrogen) atoms. The van der Waals surface area contributed by atoms with E-state index in [1.54, 1.807) is 11.4 Å². The highest BCUT2D eigenvalue weighted by Crippen LogP contribution is 2.40. The number of carbonyl (C=O) groups excluding carboxylic acids is 1. The van der Waals surface area contributed by atoms with E-state index in [-0.39, 0.29) is 41.8 Å². The van der Waals surface area contributed by atoms with Gasteiger partial charge >= 0.3 is 0 Å². The number of carbonyl (C=O) groups is 1. The van der Waals surface area contributed by atoms with Gasteiger partial charge in [-0.25, -0.2) is 12.8 Å². The first-order chi connectivity index (χ1) is 20.7. The molecule has 5 atom stereocenters. The molecule has 1 amide bonds. The first-order valence-electron chi connectivity index (χ1n) is 15.3. The minimum atomic E-state index is -3.37. The lowest BCUT2D eigenvalue weighted by Gasteiger charge is -2.37. The van der Waals surface area contributed by atoms with Gasteiger partial charge in [-0.15, -0.1) is 0 Å². The van der Waals surface area contributed by atoms with Crippen LogP contribution >= 0.6 is 11.6 Å². The quantitative estimate of drug-likeness (QED) is 0.359. The Balaban J connectivity index is 1.31. The van der Waals surface area contributed by atoms with Gasteiger partial charge in [-0.2, -0.15) is 4.31 Å². The van der Waals surface area contributed by atoms with Crippen LogP contribution in [-0.2, 0) is 26.0 Å². The van der Waals surface area contributed by atoms with Gasteiger partial charge in [-0.1, -0.05) is 23.7 Å². The van der Waals surface area contributed by atoms with E-state index in [0.29, 0.717) is 42.4 Å². The molecule has 9 nitrogen and oxygen atoms in total. The maximum atomic E-state index is 15.2. The zero-order chi connectivity index (χ0) is 30.6. The van der Waals surface area contributed by atoms with Crippen LogP contribution in [0.25, 0.3) is 0 Å². The Morgan fingerprint density at radius 3 is 2.67 bits per heavy atom. The third-order valence-corrected chi connectivity index (χ3v) is 11.7. The van der Waals surface area contributed by atoms with Gasteiger partial charge in [-0.3, -0.25) is 9.78 Å². The van der Waals surface area contributed by atoms with Crippen LogP contribution in [0.5, 0.6) is 0 Å². The molecule has 2 bridgehead atoms. The fourth-order valence-electron chi connectivity index (χ4n) is 7.17. The van der Waals surface area contributed by atoms with Crippen molar-refractivity contribution in [2.45, 2.75) is 75.4 Å². The van der Waals surface area contributed by atoms with Gasteiger partial charge in [0.05, 0.1) is 29.9 Å². The SMILES string of the molecule is COC[C@H]1CC[C@H]([C@H](c2ccc(Cl)cc2)[C@H](N)C(=O)Nc2cncc(F)c2CC[C@H]2CN[C@@H]3CCCS(=O)(=O)N2C3)CC1. The lowest BCUT2D eigenvalue weighted by molar-refractivity contribution is -0.118. The second kappa shape index (κ2) is 14.3. The third-order valence-electron chi connectivity index (χ3n) is 9.50. The topological polar surface area (TPSA) is 127 Å². The molecule has 0 spiro atoms. The molecule has 1 saturated carbocycles. The summed E-state index contributed by atoms with van der Waals surface area (Å²) < 4.78 is 47.9. The van der Waals surface area contributed by atoms with Crippen LogP contribution in [-0.4, -0.2) is 74.3 Å². The largest absolute Gasteiger partial charge is 0.384 e. The van der Waals surface area contributed by atoms with Gasteiger partial charge in [-0.05, 0) is 80.9 Å². The first kappa shape index (κ1) is 32.2. The normalized spacial score (nSPS) is 28.4. The lowest BCUT2D eigenvalue weighted by atomic mass is 9.71. The molecule has 236 valence electrons. The van der Waals surface area contributed by atoms with Crippen molar-refractivity contribution in [2.75, 3.05) is 37.9 Å². The number of hydrogen-bond acceptors (Lipinski definition) is 7. The summed E-state index contributed by atoms with van der Waals surface area (Å²) in [5, 5.41) is 6.94. The average molecular weight is 636 g/mol. The zero-order valence-electron chi connectivity index (χ0n) is 24.7. The molecule has 12 heteroatoms. The number of piperazine rings is 1. The van der Waals surface area contributed by atoms with Gasteiger partial charge in [0.1, 0.15) is 5.82 Å². The molecule has 1 aromatic heterocycles. The van der Waals surface area contributed by atoms with Crippen molar-refractivity contribution in [3.8, 4) is 0 Å². The van der Waals surface area contributed by atoms with E-state index in [4.69, 9.17) is 22.1 Å². The molecule has 1 aromatic carbocycles. The van der Waals surface area contributed by atoms with Gasteiger partial charge in [0.15, 0.2) is 0 Å². The molecule has 0 radical (unpaired) electrons. The van der Waals surface area contributed by atoms with Crippen molar-refractivity contribution in [2.24, 2.45) is 17.6 Å². The highest BCUT2D eigenvalue weighted by atomic mass is 35.5. The fourth-order valence-corrected chi connectivity index (χ4v) is 9.10. The van der Waals surface area contributed by atoms with Crippen LogP contribution in [0.3, 0.4) is 0 Å². The van der Waals surface area contributed by atoms with Crippen LogP contribution in [0.4, 0.5) is 10.1 Å². The Morgan fingerprint density at radius 2 is 1.95 bits per heavy atom. The summed E-state index contributed by atoms with van der Waals surface area (Å²) in [6, 6.07) is 6.44. The fraction of sp³-hybridized carbons (Fsp3) is 0.613. The summed E-state index contributed by atoms with van der Waals surface area (Å²) in [5.41, 5.74) is 8.23. The number of aromatic nitrogens is 1. The lowest BCUT2D eigenvalue weighted by Crippen LogP contribution is -2.57. The second-order valence-electron chi connectivity index (χ2n) is 12.3. The van der Waals surface area contributed by atoms with E-state index in [2.05, 4.69) is 15.6 Å². The summed E-state index contributed by atoms with van der Waals surface area (Å²) in [4.78, 5) is 17.7. The minimum absolute atomic E-state index is 0.132. The number of anilines is 1. The third kappa shape index (κ3) is 7.75. The molecule has 1 unspecified atom stereocenters. The van der Waals surface area contributed by atoms with Gasteiger partial charge in [0.25, 0.3) is 0 Å². The van der Waals surface area contributed by atoms with E-state index in [0.717, 1.165) is 50.5 Å². The number of halogens is 2. The van der Waals surface area contributed by atoms with Crippen molar-refractivity contribution in [1.82, 2.24) is 14.6 Å². The van der Waals surface area contributed by atoms with Crippen molar-refractivity contribution in [3.63, 3.8) is 0 Å². The number of sulfonamides is 1.